The summed E-state index contributed by atoms with van der Waals surface area (Å²) in [6.45, 7) is 4.82. The third-order valence-corrected chi connectivity index (χ3v) is 3.43. The van der Waals surface area contributed by atoms with Gasteiger partial charge in [0.1, 0.15) is 0 Å². The fourth-order valence-electron chi connectivity index (χ4n) is 1.74. The molecule has 0 saturated heterocycles. The van der Waals surface area contributed by atoms with Crippen molar-refractivity contribution in [3.8, 4) is 11.5 Å². The second-order valence-electron chi connectivity index (χ2n) is 4.36. The van der Waals surface area contributed by atoms with Gasteiger partial charge in [-0.1, -0.05) is 13.0 Å². The minimum atomic E-state index is 0.739. The summed E-state index contributed by atoms with van der Waals surface area (Å²) in [5.74, 6) is 2.78. The highest BCUT2D eigenvalue weighted by Gasteiger charge is 2.05. The lowest BCUT2D eigenvalue weighted by Crippen LogP contribution is -2.13. The monoisotopic (exact) mass is 283 g/mol. The van der Waals surface area contributed by atoms with Crippen molar-refractivity contribution >= 4 is 11.8 Å². The van der Waals surface area contributed by atoms with Crippen LogP contribution < -0.4 is 14.8 Å². The van der Waals surface area contributed by atoms with E-state index in [2.05, 4.69) is 30.6 Å². The molecule has 1 N–H and O–H groups in total. The van der Waals surface area contributed by atoms with E-state index in [4.69, 9.17) is 9.47 Å². The molecule has 0 aliphatic carbocycles. The summed E-state index contributed by atoms with van der Waals surface area (Å²) in [5.41, 5.74) is 1.23. The van der Waals surface area contributed by atoms with Gasteiger partial charge in [0.15, 0.2) is 11.5 Å². The van der Waals surface area contributed by atoms with Crippen LogP contribution in [-0.2, 0) is 6.54 Å². The molecule has 3 nitrogen and oxygen atoms in total. The molecule has 0 fully saturated rings. The molecule has 0 bridgehead atoms. The maximum absolute atomic E-state index is 5.81. The molecule has 4 heteroatoms. The summed E-state index contributed by atoms with van der Waals surface area (Å²) in [6, 6.07) is 6.13. The van der Waals surface area contributed by atoms with Gasteiger partial charge in [-0.3, -0.25) is 0 Å². The molecule has 0 aliphatic heterocycles. The van der Waals surface area contributed by atoms with Crippen LogP contribution in [0.1, 0.15) is 25.3 Å². The molecule has 0 saturated carbocycles. The Bertz CT molecular complexity index is 358. The van der Waals surface area contributed by atoms with Crippen LogP contribution in [0.2, 0.25) is 0 Å². The Kier molecular flexibility index (Phi) is 8.50. The highest BCUT2D eigenvalue weighted by atomic mass is 32.2. The van der Waals surface area contributed by atoms with Crippen LogP contribution >= 0.6 is 11.8 Å². The SMILES string of the molecule is CCCNCc1ccc(OC)c(OCCCSC)c1. The Balaban J connectivity index is 2.56. The van der Waals surface area contributed by atoms with E-state index in [1.54, 1.807) is 7.11 Å². The van der Waals surface area contributed by atoms with E-state index in [9.17, 15) is 0 Å². The van der Waals surface area contributed by atoms with Gasteiger partial charge in [-0.2, -0.15) is 11.8 Å². The zero-order valence-corrected chi connectivity index (χ0v) is 13.0. The minimum absolute atomic E-state index is 0.739. The van der Waals surface area contributed by atoms with Crippen LogP contribution in [0, 0.1) is 0 Å². The molecule has 0 amide bonds. The van der Waals surface area contributed by atoms with Gasteiger partial charge >= 0.3 is 0 Å². The minimum Gasteiger partial charge on any atom is -0.493 e. The molecule has 108 valence electrons. The van der Waals surface area contributed by atoms with Crippen molar-refractivity contribution in [2.45, 2.75) is 26.3 Å². The van der Waals surface area contributed by atoms with Gasteiger partial charge in [0.2, 0.25) is 0 Å². The van der Waals surface area contributed by atoms with Crippen LogP contribution in [0.15, 0.2) is 18.2 Å². The predicted molar refractivity (Wildman–Crippen MR) is 83.5 cm³/mol. The Morgan fingerprint density at radius 1 is 1.26 bits per heavy atom. The van der Waals surface area contributed by atoms with Crippen molar-refractivity contribution < 1.29 is 9.47 Å². The Morgan fingerprint density at radius 2 is 2.11 bits per heavy atom. The van der Waals surface area contributed by atoms with Crippen molar-refractivity contribution in [2.75, 3.05) is 32.3 Å². The number of hydrogen-bond donors (Lipinski definition) is 1. The van der Waals surface area contributed by atoms with E-state index >= 15 is 0 Å². The second kappa shape index (κ2) is 9.98. The number of ether oxygens (including phenoxy) is 2. The maximum atomic E-state index is 5.81. The third kappa shape index (κ3) is 6.21. The zero-order valence-electron chi connectivity index (χ0n) is 12.2. The number of rotatable bonds is 10. The summed E-state index contributed by atoms with van der Waals surface area (Å²) in [4.78, 5) is 0. The molecule has 0 radical (unpaired) electrons. The highest BCUT2D eigenvalue weighted by molar-refractivity contribution is 7.98. The van der Waals surface area contributed by atoms with Crippen molar-refractivity contribution in [3.63, 3.8) is 0 Å². The lowest BCUT2D eigenvalue weighted by Gasteiger charge is -2.12. The standard InChI is InChI=1S/C15H25NO2S/c1-4-8-16-12-13-6-7-14(17-2)15(11-13)18-9-5-10-19-3/h6-7,11,16H,4-5,8-10,12H2,1-3H3. The van der Waals surface area contributed by atoms with Crippen molar-refractivity contribution in [2.24, 2.45) is 0 Å². The van der Waals surface area contributed by atoms with E-state index in [1.807, 2.05) is 17.8 Å². The van der Waals surface area contributed by atoms with Crippen LogP contribution in [-0.4, -0.2) is 32.3 Å². The molecule has 0 aliphatic rings. The quantitative estimate of drug-likeness (QED) is 0.667. The van der Waals surface area contributed by atoms with Gasteiger partial charge in [-0.05, 0) is 49.1 Å². The summed E-state index contributed by atoms with van der Waals surface area (Å²) in [6.07, 6.45) is 4.32. The molecule has 1 aromatic rings. The number of methoxy groups -OCH3 is 1. The number of hydrogen-bond acceptors (Lipinski definition) is 4. The summed E-state index contributed by atoms with van der Waals surface area (Å²) in [5, 5.41) is 3.39. The molecule has 1 rings (SSSR count). The summed E-state index contributed by atoms with van der Waals surface area (Å²) >= 11 is 1.84. The van der Waals surface area contributed by atoms with Gasteiger partial charge in [0.25, 0.3) is 0 Å². The van der Waals surface area contributed by atoms with Crippen LogP contribution in [0.5, 0.6) is 11.5 Å². The second-order valence-corrected chi connectivity index (χ2v) is 5.34. The molecule has 1 aromatic carbocycles. The molecule has 0 heterocycles. The average Bonchev–Trinajstić information content (AvgIpc) is 2.44. The van der Waals surface area contributed by atoms with Crippen molar-refractivity contribution in [3.05, 3.63) is 23.8 Å². The maximum Gasteiger partial charge on any atom is 0.161 e. The fraction of sp³-hybridized carbons (Fsp3) is 0.600. The van der Waals surface area contributed by atoms with Crippen LogP contribution in [0.3, 0.4) is 0 Å². The van der Waals surface area contributed by atoms with Gasteiger partial charge in [-0.15, -0.1) is 0 Å². The van der Waals surface area contributed by atoms with E-state index in [1.165, 1.54) is 5.56 Å². The van der Waals surface area contributed by atoms with E-state index in [0.29, 0.717) is 0 Å². The molecular formula is C15H25NO2S. The first-order chi connectivity index (χ1) is 9.31. The topological polar surface area (TPSA) is 30.5 Å². The van der Waals surface area contributed by atoms with Gasteiger partial charge in [-0.25, -0.2) is 0 Å². The number of nitrogens with one attached hydrogen (secondary N) is 1. The zero-order chi connectivity index (χ0) is 13.9. The van der Waals surface area contributed by atoms with Gasteiger partial charge < -0.3 is 14.8 Å². The number of thioether (sulfide) groups is 1. The molecule has 0 unspecified atom stereocenters. The molecule has 19 heavy (non-hydrogen) atoms. The highest BCUT2D eigenvalue weighted by Crippen LogP contribution is 2.28. The molecule has 0 spiro atoms. The first-order valence-corrected chi connectivity index (χ1v) is 8.20. The van der Waals surface area contributed by atoms with Crippen molar-refractivity contribution in [1.82, 2.24) is 5.32 Å². The van der Waals surface area contributed by atoms with E-state index < -0.39 is 0 Å². The Morgan fingerprint density at radius 3 is 2.79 bits per heavy atom. The average molecular weight is 283 g/mol. The normalized spacial score (nSPS) is 10.5. The number of benzene rings is 1. The molecule has 0 aromatic heterocycles. The van der Waals surface area contributed by atoms with E-state index in [-0.39, 0.29) is 0 Å². The molecule has 0 atom stereocenters. The van der Waals surface area contributed by atoms with E-state index in [0.717, 1.165) is 49.8 Å². The summed E-state index contributed by atoms with van der Waals surface area (Å²) in [7, 11) is 1.68. The van der Waals surface area contributed by atoms with Crippen LogP contribution in [0.25, 0.3) is 0 Å². The Hall–Kier alpha value is -0.870. The molecular weight excluding hydrogens is 258 g/mol. The first kappa shape index (κ1) is 16.2. The summed E-state index contributed by atoms with van der Waals surface area (Å²) < 4.78 is 11.1. The van der Waals surface area contributed by atoms with Crippen LogP contribution in [0.4, 0.5) is 0 Å². The van der Waals surface area contributed by atoms with Gasteiger partial charge in [0.05, 0.1) is 13.7 Å². The lowest BCUT2D eigenvalue weighted by molar-refractivity contribution is 0.295. The Labute approximate surface area is 121 Å². The van der Waals surface area contributed by atoms with Gasteiger partial charge in [0, 0.05) is 6.54 Å². The van der Waals surface area contributed by atoms with Crippen molar-refractivity contribution in [1.29, 1.82) is 0 Å². The predicted octanol–water partition coefficient (Wildman–Crippen LogP) is 3.33. The lowest BCUT2D eigenvalue weighted by atomic mass is 10.2. The smallest absolute Gasteiger partial charge is 0.161 e. The third-order valence-electron chi connectivity index (χ3n) is 2.73. The fourth-order valence-corrected chi connectivity index (χ4v) is 2.15. The first-order valence-electron chi connectivity index (χ1n) is 6.81. The largest absolute Gasteiger partial charge is 0.493 e.